The van der Waals surface area contributed by atoms with Crippen molar-refractivity contribution in [2.24, 2.45) is 0 Å². The molecule has 96 valence electrons. The van der Waals surface area contributed by atoms with Gasteiger partial charge in [0.1, 0.15) is 17.6 Å². The van der Waals surface area contributed by atoms with E-state index in [0.717, 1.165) is 0 Å². The maximum Gasteiger partial charge on any atom is 0.146 e. The molecule has 3 rings (SSSR count). The third kappa shape index (κ3) is 5.34. The Balaban J connectivity index is 0.000000148. The van der Waals surface area contributed by atoms with Crippen LogP contribution in [0.4, 0.5) is 0 Å². The van der Waals surface area contributed by atoms with E-state index in [1.54, 1.807) is 18.7 Å². The number of hydrogen-bond donors (Lipinski definition) is 0. The molecule has 0 saturated heterocycles. The van der Waals surface area contributed by atoms with E-state index in [1.165, 1.54) is 12.8 Å². The van der Waals surface area contributed by atoms with Gasteiger partial charge in [0.2, 0.25) is 0 Å². The van der Waals surface area contributed by atoms with Gasteiger partial charge < -0.3 is 4.29 Å². The topological polar surface area (TPSA) is 9.23 Å². The summed E-state index contributed by atoms with van der Waals surface area (Å²) in [5, 5.41) is 0. The molecule has 0 N–H and O–H groups in total. The third-order valence-corrected chi connectivity index (χ3v) is 6.28. The van der Waals surface area contributed by atoms with Crippen molar-refractivity contribution in [1.29, 1.82) is 0 Å². The molecule has 0 fully saturated rings. The molecule has 19 heavy (non-hydrogen) atoms. The van der Waals surface area contributed by atoms with Crippen LogP contribution in [-0.4, -0.2) is 0 Å². The summed E-state index contributed by atoms with van der Waals surface area (Å²) in [6.07, 6.45) is 16.0. The van der Waals surface area contributed by atoms with Gasteiger partial charge in [-0.2, -0.15) is 0 Å². The maximum absolute atomic E-state index is 5.03. The summed E-state index contributed by atoms with van der Waals surface area (Å²) < 4.78 is 7.84. The zero-order valence-electron chi connectivity index (χ0n) is 10.6. The average molecular weight is 350 g/mol. The van der Waals surface area contributed by atoms with Crippen molar-refractivity contribution >= 4 is 11.9 Å². The van der Waals surface area contributed by atoms with Crippen molar-refractivity contribution in [1.82, 2.24) is 0 Å². The molecule has 0 aromatic heterocycles. The Hall–Kier alpha value is -0.847. The molecule has 0 atom stereocenters. The van der Waals surface area contributed by atoms with Crippen LogP contribution in [0.5, 0.6) is 5.75 Å². The number of para-hydroxylation sites is 1. The minimum atomic E-state index is -0.312. The molecule has 1 aromatic rings. The van der Waals surface area contributed by atoms with E-state index in [-0.39, 0.29) is 23.2 Å². The van der Waals surface area contributed by atoms with Gasteiger partial charge in [0, 0.05) is 0 Å². The molecule has 2 aliphatic rings. The quantitative estimate of drug-likeness (QED) is 0.748. The first-order valence-corrected chi connectivity index (χ1v) is 8.97. The molecule has 0 unspecified atom stereocenters. The van der Waals surface area contributed by atoms with E-state index >= 15 is 0 Å². The van der Waals surface area contributed by atoms with Crippen molar-refractivity contribution in [2.45, 2.75) is 12.8 Å². The van der Waals surface area contributed by atoms with E-state index < -0.39 is 0 Å². The number of benzene rings is 1. The first kappa shape index (κ1) is 14.6. The molecule has 2 aliphatic carbocycles. The van der Waals surface area contributed by atoms with Crippen LogP contribution in [-0.2, 0) is 23.2 Å². The molecule has 1 aromatic carbocycles. The van der Waals surface area contributed by atoms with Crippen LogP contribution in [0.2, 0.25) is 0 Å². The van der Waals surface area contributed by atoms with Crippen molar-refractivity contribution in [2.75, 3.05) is 0 Å². The van der Waals surface area contributed by atoms with Crippen LogP contribution in [0.25, 0.3) is 0 Å². The Kier molecular flexibility index (Phi) is 6.40. The molecule has 0 amide bonds. The predicted octanol–water partition coefficient (Wildman–Crippen LogP) is 4.98. The molecule has 3 heteroatoms. The fourth-order valence-corrected chi connectivity index (χ4v) is 4.84. The van der Waals surface area contributed by atoms with Crippen LogP contribution in [0, 0.1) is 0 Å². The summed E-state index contributed by atoms with van der Waals surface area (Å²) in [6, 6.07) is 9.19. The average Bonchev–Trinajstić information content (AvgIpc) is 3.15. The van der Waals surface area contributed by atoms with Gasteiger partial charge in [-0.05, 0) is 12.1 Å². The fraction of sp³-hybridized carbons (Fsp3) is 0.125. The van der Waals surface area contributed by atoms with Crippen LogP contribution in [0.1, 0.15) is 12.8 Å². The van der Waals surface area contributed by atoms with E-state index in [0.29, 0.717) is 5.75 Å². The molecule has 0 radical (unpaired) electrons. The maximum atomic E-state index is 5.03. The number of rotatable bonds is 3. The molecular weight excluding hydrogens is 335 g/mol. The van der Waals surface area contributed by atoms with E-state index in [9.17, 15) is 0 Å². The molecule has 1 nitrogen and oxygen atoms in total. The SMILES string of the molecule is C1=CC[C]([Zr][C]2=CC=CC2)=C1.ClOc1ccccc1. The third-order valence-electron chi connectivity index (χ3n) is 2.70. The number of hydrogen-bond acceptors (Lipinski definition) is 1. The van der Waals surface area contributed by atoms with Gasteiger partial charge in [0.25, 0.3) is 0 Å². The normalized spacial score (nSPS) is 15.4. The van der Waals surface area contributed by atoms with Gasteiger partial charge in [0.15, 0.2) is 0 Å². The molecule has 0 saturated carbocycles. The standard InChI is InChI=1S/C6H5ClO.2C5H5.Zr/c7-8-6-4-2-1-3-5-6;2*1-2-4-5-3-1;/h1-5H;2*1-3H,4H2;. The Morgan fingerprint density at radius 2 is 1.47 bits per heavy atom. The summed E-state index contributed by atoms with van der Waals surface area (Å²) in [4.78, 5) is 0. The number of halogens is 1. The first-order valence-electron chi connectivity index (χ1n) is 6.20. The van der Waals surface area contributed by atoms with Crippen molar-refractivity contribution in [3.05, 3.63) is 73.3 Å². The van der Waals surface area contributed by atoms with Crippen LogP contribution in [0.3, 0.4) is 0 Å². The second-order valence-corrected chi connectivity index (χ2v) is 8.09. The summed E-state index contributed by atoms with van der Waals surface area (Å²) in [7, 11) is 0. The zero-order valence-corrected chi connectivity index (χ0v) is 13.8. The second kappa shape index (κ2) is 8.35. The molecule has 0 spiro atoms. The van der Waals surface area contributed by atoms with Gasteiger partial charge in [-0.15, -0.1) is 0 Å². The van der Waals surface area contributed by atoms with E-state index in [1.807, 2.05) is 18.2 Å². The second-order valence-electron chi connectivity index (χ2n) is 4.16. The Morgan fingerprint density at radius 3 is 1.84 bits per heavy atom. The summed E-state index contributed by atoms with van der Waals surface area (Å²) in [5.41, 5.74) is 0. The van der Waals surface area contributed by atoms with E-state index in [4.69, 9.17) is 11.9 Å². The van der Waals surface area contributed by atoms with Crippen LogP contribution in [0.15, 0.2) is 73.3 Å². The monoisotopic (exact) mass is 348 g/mol. The number of allylic oxidation sites excluding steroid dienone is 8. The Bertz CT molecular complexity index is 487. The molecule has 0 heterocycles. The largest absolute Gasteiger partial charge is 0.386 e. The van der Waals surface area contributed by atoms with Gasteiger partial charge in [0.05, 0.1) is 0 Å². The summed E-state index contributed by atoms with van der Waals surface area (Å²) in [6.45, 7) is 0. The fourth-order valence-electron chi connectivity index (χ4n) is 1.76. The summed E-state index contributed by atoms with van der Waals surface area (Å²) in [5.74, 6) is 0.675. The smallest absolute Gasteiger partial charge is 0.146 e. The van der Waals surface area contributed by atoms with Gasteiger partial charge in [-0.25, -0.2) is 0 Å². The first-order chi connectivity index (χ1) is 9.38. The van der Waals surface area contributed by atoms with Gasteiger partial charge in [-0.1, -0.05) is 18.2 Å². The van der Waals surface area contributed by atoms with Gasteiger partial charge >= 0.3 is 79.1 Å². The molecule has 0 bridgehead atoms. The minimum absolute atomic E-state index is 0.312. The zero-order chi connectivity index (χ0) is 13.3. The van der Waals surface area contributed by atoms with Crippen LogP contribution < -0.4 is 4.29 Å². The van der Waals surface area contributed by atoms with Crippen molar-refractivity contribution in [3.8, 4) is 5.75 Å². The van der Waals surface area contributed by atoms with E-state index in [2.05, 4.69) is 40.7 Å². The predicted molar refractivity (Wildman–Crippen MR) is 76.6 cm³/mol. The van der Waals surface area contributed by atoms with Crippen molar-refractivity contribution in [3.63, 3.8) is 0 Å². The minimum Gasteiger partial charge on any atom is -0.386 e. The molecule has 0 aliphatic heterocycles. The van der Waals surface area contributed by atoms with Crippen LogP contribution >= 0.6 is 11.9 Å². The molecular formula is C16H15ClOZr. The summed E-state index contributed by atoms with van der Waals surface area (Å²) >= 11 is 4.72. The van der Waals surface area contributed by atoms with Crippen molar-refractivity contribution < 1.29 is 27.5 Å². The Labute approximate surface area is 131 Å². The Morgan fingerprint density at radius 1 is 0.895 bits per heavy atom. The van der Waals surface area contributed by atoms with Gasteiger partial charge in [-0.3, -0.25) is 0 Å².